The molecule has 0 bridgehead atoms. The van der Waals surface area contributed by atoms with Gasteiger partial charge in [0.05, 0.1) is 12.7 Å². The van der Waals surface area contributed by atoms with E-state index in [1.165, 1.54) is 44.6 Å². The topological polar surface area (TPSA) is 46.5 Å². The van der Waals surface area contributed by atoms with E-state index in [-0.39, 0.29) is 23.4 Å². The van der Waals surface area contributed by atoms with Gasteiger partial charge in [0.1, 0.15) is 0 Å². The second-order valence-corrected chi connectivity index (χ2v) is 9.16. The van der Waals surface area contributed by atoms with E-state index >= 15 is 0 Å². The molecule has 0 spiro atoms. The molecule has 3 heteroatoms. The van der Waals surface area contributed by atoms with Gasteiger partial charge in [0.15, 0.2) is 0 Å². The Morgan fingerprint density at radius 2 is 1.96 bits per heavy atom. The number of allylic oxidation sites excluding steroid dienone is 1. The number of hydrogen-bond donors (Lipinski definition) is 1. The highest BCUT2D eigenvalue weighted by molar-refractivity contribution is 5.65. The largest absolute Gasteiger partial charge is 0.466 e. The molecule has 3 nitrogen and oxygen atoms in total. The fraction of sp³-hybridized carbons (Fsp3) is 0.857. The van der Waals surface area contributed by atoms with Crippen molar-refractivity contribution in [1.82, 2.24) is 0 Å². The summed E-state index contributed by atoms with van der Waals surface area (Å²) in [6.45, 7) is 11.1. The van der Waals surface area contributed by atoms with Gasteiger partial charge in [-0.1, -0.05) is 26.0 Å². The Hall–Kier alpha value is -0.830. The normalized spacial score (nSPS) is 45.8. The summed E-state index contributed by atoms with van der Waals surface area (Å²) in [5.74, 6) is 1.51. The molecule has 136 valence electrons. The third-order valence-electron chi connectivity index (χ3n) is 8.01. The van der Waals surface area contributed by atoms with Crippen LogP contribution in [0.3, 0.4) is 0 Å². The summed E-state index contributed by atoms with van der Waals surface area (Å²) in [5.41, 5.74) is 2.00. The lowest BCUT2D eigenvalue weighted by Crippen LogP contribution is -2.47. The second kappa shape index (κ2) is 6.48. The van der Waals surface area contributed by atoms with E-state index in [9.17, 15) is 9.90 Å². The fourth-order valence-electron chi connectivity index (χ4n) is 5.95. The molecule has 0 amide bonds. The summed E-state index contributed by atoms with van der Waals surface area (Å²) in [6, 6.07) is 0. The molecular formula is C21H34O3. The maximum absolute atomic E-state index is 11.3. The van der Waals surface area contributed by atoms with Crippen molar-refractivity contribution in [3.63, 3.8) is 0 Å². The highest BCUT2D eigenvalue weighted by Crippen LogP contribution is 2.61. The zero-order valence-corrected chi connectivity index (χ0v) is 15.6. The van der Waals surface area contributed by atoms with E-state index in [2.05, 4.69) is 20.4 Å². The van der Waals surface area contributed by atoms with Crippen LogP contribution < -0.4 is 0 Å². The van der Waals surface area contributed by atoms with E-state index in [1.54, 1.807) is 0 Å². The van der Waals surface area contributed by atoms with Crippen molar-refractivity contribution in [2.24, 2.45) is 28.6 Å². The Morgan fingerprint density at radius 1 is 1.21 bits per heavy atom. The van der Waals surface area contributed by atoms with Gasteiger partial charge < -0.3 is 9.84 Å². The number of ether oxygens (including phenoxy) is 1. The van der Waals surface area contributed by atoms with E-state index in [0.717, 1.165) is 25.2 Å². The Balaban J connectivity index is 1.75. The van der Waals surface area contributed by atoms with Crippen molar-refractivity contribution in [3.05, 3.63) is 12.2 Å². The lowest BCUT2D eigenvalue weighted by atomic mass is 9.53. The van der Waals surface area contributed by atoms with Crippen LogP contribution in [0.25, 0.3) is 0 Å². The van der Waals surface area contributed by atoms with Gasteiger partial charge in [0, 0.05) is 12.8 Å². The van der Waals surface area contributed by atoms with Crippen LogP contribution in [0.5, 0.6) is 0 Å². The molecule has 2 unspecified atom stereocenters. The molecular weight excluding hydrogens is 300 g/mol. The molecule has 24 heavy (non-hydrogen) atoms. The van der Waals surface area contributed by atoms with E-state index < -0.39 is 0 Å². The van der Waals surface area contributed by atoms with Crippen LogP contribution >= 0.6 is 0 Å². The van der Waals surface area contributed by atoms with Gasteiger partial charge in [-0.25, -0.2) is 0 Å². The minimum atomic E-state index is -0.237. The van der Waals surface area contributed by atoms with Crippen molar-refractivity contribution in [1.29, 1.82) is 0 Å². The number of aliphatic hydroxyl groups excluding tert-OH is 1. The standard InChI is InChI=1S/C21H34O3/c1-14-5-6-16-11-17(7-9-20(14,16)3)21(4)10-8-19(23)12-18(21)13-24-15(2)22/h16-19,23H,1,5-13H2,2-4H3/t16?,17?,18-,19+,20-,21-/m1/s1. The van der Waals surface area contributed by atoms with E-state index in [4.69, 9.17) is 4.74 Å². The zero-order chi connectivity index (χ0) is 17.5. The van der Waals surface area contributed by atoms with Gasteiger partial charge in [-0.15, -0.1) is 0 Å². The minimum absolute atomic E-state index is 0.180. The van der Waals surface area contributed by atoms with Crippen molar-refractivity contribution in [2.75, 3.05) is 6.61 Å². The molecule has 0 aliphatic heterocycles. The van der Waals surface area contributed by atoms with Gasteiger partial charge in [0.25, 0.3) is 0 Å². The molecule has 3 fully saturated rings. The molecule has 0 aromatic rings. The van der Waals surface area contributed by atoms with Gasteiger partial charge in [-0.3, -0.25) is 4.79 Å². The van der Waals surface area contributed by atoms with Crippen molar-refractivity contribution in [2.45, 2.75) is 78.2 Å². The Kier molecular flexibility index (Phi) is 4.85. The molecule has 3 rings (SSSR count). The first-order valence-corrected chi connectivity index (χ1v) is 9.75. The Morgan fingerprint density at radius 3 is 2.67 bits per heavy atom. The average molecular weight is 335 g/mol. The summed E-state index contributed by atoms with van der Waals surface area (Å²) < 4.78 is 5.38. The van der Waals surface area contributed by atoms with Gasteiger partial charge >= 0.3 is 5.97 Å². The summed E-state index contributed by atoms with van der Waals surface area (Å²) in [6.07, 6.45) is 8.73. The molecule has 0 aromatic carbocycles. The predicted molar refractivity (Wildman–Crippen MR) is 95.4 cm³/mol. The van der Waals surface area contributed by atoms with Crippen LogP contribution in [0, 0.1) is 28.6 Å². The van der Waals surface area contributed by atoms with Gasteiger partial charge in [-0.2, -0.15) is 0 Å². The van der Waals surface area contributed by atoms with E-state index in [0.29, 0.717) is 17.9 Å². The summed E-state index contributed by atoms with van der Waals surface area (Å²) in [7, 11) is 0. The molecule has 0 aromatic heterocycles. The number of carbonyl (C=O) groups is 1. The predicted octanol–water partition coefficient (Wildman–Crippen LogP) is 4.49. The number of hydrogen-bond acceptors (Lipinski definition) is 3. The molecule has 3 saturated carbocycles. The number of carbonyl (C=O) groups excluding carboxylic acids is 1. The molecule has 0 heterocycles. The van der Waals surface area contributed by atoms with Gasteiger partial charge in [-0.05, 0) is 74.0 Å². The maximum atomic E-state index is 11.3. The number of aliphatic hydroxyl groups is 1. The van der Waals surface area contributed by atoms with Crippen LogP contribution in [0.15, 0.2) is 12.2 Å². The highest BCUT2D eigenvalue weighted by Gasteiger charge is 2.52. The van der Waals surface area contributed by atoms with Gasteiger partial charge in [0.2, 0.25) is 0 Å². The fourth-order valence-corrected chi connectivity index (χ4v) is 5.95. The molecule has 0 saturated heterocycles. The van der Waals surface area contributed by atoms with Crippen LogP contribution in [0.2, 0.25) is 0 Å². The summed E-state index contributed by atoms with van der Waals surface area (Å²) in [5, 5.41) is 10.1. The minimum Gasteiger partial charge on any atom is -0.466 e. The third-order valence-corrected chi connectivity index (χ3v) is 8.01. The summed E-state index contributed by atoms with van der Waals surface area (Å²) in [4.78, 5) is 11.3. The van der Waals surface area contributed by atoms with E-state index in [1.807, 2.05) is 0 Å². The molecule has 3 aliphatic rings. The average Bonchev–Trinajstić information content (AvgIpc) is 2.83. The second-order valence-electron chi connectivity index (χ2n) is 9.16. The Labute approximate surface area is 146 Å². The zero-order valence-electron chi connectivity index (χ0n) is 15.6. The molecule has 6 atom stereocenters. The number of esters is 1. The first-order valence-electron chi connectivity index (χ1n) is 9.75. The first-order chi connectivity index (χ1) is 11.3. The van der Waals surface area contributed by atoms with Crippen LogP contribution in [-0.2, 0) is 9.53 Å². The van der Waals surface area contributed by atoms with Crippen LogP contribution in [0.4, 0.5) is 0 Å². The lowest BCUT2D eigenvalue weighted by molar-refractivity contribution is -0.147. The third kappa shape index (κ3) is 3.05. The van der Waals surface area contributed by atoms with Crippen LogP contribution in [-0.4, -0.2) is 23.8 Å². The summed E-state index contributed by atoms with van der Waals surface area (Å²) >= 11 is 0. The highest BCUT2D eigenvalue weighted by atomic mass is 16.5. The maximum Gasteiger partial charge on any atom is 0.302 e. The van der Waals surface area contributed by atoms with Crippen molar-refractivity contribution < 1.29 is 14.6 Å². The monoisotopic (exact) mass is 334 g/mol. The number of fused-ring (bicyclic) bond motifs is 1. The molecule has 3 aliphatic carbocycles. The Bertz CT molecular complexity index is 513. The number of rotatable bonds is 3. The SMILES string of the molecule is C=C1CCC2CC([C@@]3(C)CC[C@H](O)C[C@@H]3COC(C)=O)CC[C@]12C. The van der Waals surface area contributed by atoms with Crippen molar-refractivity contribution >= 4 is 5.97 Å². The smallest absolute Gasteiger partial charge is 0.302 e. The molecule has 0 radical (unpaired) electrons. The quantitative estimate of drug-likeness (QED) is 0.611. The lowest BCUT2D eigenvalue weighted by Gasteiger charge is -2.53. The molecule has 1 N–H and O–H groups in total. The first kappa shape index (κ1) is 18.0. The van der Waals surface area contributed by atoms with Crippen molar-refractivity contribution in [3.8, 4) is 0 Å². The van der Waals surface area contributed by atoms with Crippen LogP contribution in [0.1, 0.15) is 72.1 Å².